The Bertz CT molecular complexity index is 872. The minimum atomic E-state index is -0.346. The van der Waals surface area contributed by atoms with Crippen molar-refractivity contribution in [1.82, 2.24) is 15.5 Å². The molecule has 0 spiro atoms. The molecule has 3 N–H and O–H groups in total. The largest absolute Gasteiger partial charge is 0.361 e. The number of carbonyl (C=O) groups is 1. The smallest absolute Gasteiger partial charge is 0.255 e. The summed E-state index contributed by atoms with van der Waals surface area (Å²) >= 11 is 5.94. The molecule has 2 heterocycles. The first-order valence-electron chi connectivity index (χ1n) is 7.18. The zero-order valence-corrected chi connectivity index (χ0v) is 12.8. The number of benzene rings is 2. The summed E-state index contributed by atoms with van der Waals surface area (Å²) in [6.07, 6.45) is 1.37. The van der Waals surface area contributed by atoms with E-state index in [0.29, 0.717) is 10.6 Å². The lowest BCUT2D eigenvalue weighted by Gasteiger charge is -2.27. The third kappa shape index (κ3) is 2.45. The van der Waals surface area contributed by atoms with Crippen molar-refractivity contribution in [2.24, 2.45) is 0 Å². The molecule has 1 atom stereocenters. The molecular formula is C17H13ClN4O. The number of nitrogens with one attached hydrogen (secondary N) is 3. The van der Waals surface area contributed by atoms with Gasteiger partial charge in [-0.1, -0.05) is 35.9 Å². The molecule has 1 aliphatic heterocycles. The van der Waals surface area contributed by atoms with E-state index in [0.717, 1.165) is 22.5 Å². The second-order valence-electron chi connectivity index (χ2n) is 5.30. The van der Waals surface area contributed by atoms with Crippen LogP contribution in [-0.4, -0.2) is 16.1 Å². The Morgan fingerprint density at radius 3 is 2.61 bits per heavy atom. The Balaban J connectivity index is 1.72. The molecule has 1 aromatic heterocycles. The third-order valence-electron chi connectivity index (χ3n) is 3.86. The van der Waals surface area contributed by atoms with Crippen LogP contribution in [0, 0.1) is 0 Å². The first kappa shape index (κ1) is 13.8. The highest BCUT2D eigenvalue weighted by molar-refractivity contribution is 6.30. The van der Waals surface area contributed by atoms with Crippen LogP contribution < -0.4 is 10.6 Å². The minimum Gasteiger partial charge on any atom is -0.361 e. The number of amides is 1. The number of carbonyl (C=O) groups excluding carboxylic acids is 1. The van der Waals surface area contributed by atoms with Gasteiger partial charge in [0.05, 0.1) is 17.5 Å². The Kier molecular flexibility index (Phi) is 3.28. The Morgan fingerprint density at radius 1 is 1.00 bits per heavy atom. The Hall–Kier alpha value is -2.79. The van der Waals surface area contributed by atoms with E-state index in [4.69, 9.17) is 11.6 Å². The second-order valence-corrected chi connectivity index (χ2v) is 5.74. The van der Waals surface area contributed by atoms with E-state index < -0.39 is 0 Å². The second kappa shape index (κ2) is 5.44. The predicted molar refractivity (Wildman–Crippen MR) is 89.3 cm³/mol. The fraction of sp³-hybridized carbons (Fsp3) is 0.0588. The standard InChI is InChI=1S/C17H13ClN4O/c18-11-7-5-10(6-8-11)15-13(9-19-22-15)16-20-14-4-2-1-3-12(14)17(23)21-16/h1-9,16,20H,(H,19,22)(H,21,23). The van der Waals surface area contributed by atoms with E-state index >= 15 is 0 Å². The van der Waals surface area contributed by atoms with Crippen LogP contribution in [0.15, 0.2) is 54.7 Å². The molecule has 0 radical (unpaired) electrons. The van der Waals surface area contributed by atoms with Crippen molar-refractivity contribution in [3.05, 3.63) is 70.9 Å². The number of aromatic nitrogens is 2. The molecule has 1 unspecified atom stereocenters. The number of hydrogen-bond acceptors (Lipinski definition) is 3. The summed E-state index contributed by atoms with van der Waals surface area (Å²) in [7, 11) is 0. The van der Waals surface area contributed by atoms with Crippen LogP contribution in [0.4, 0.5) is 5.69 Å². The highest BCUT2D eigenvalue weighted by Crippen LogP contribution is 2.31. The van der Waals surface area contributed by atoms with Gasteiger partial charge < -0.3 is 10.6 Å². The summed E-state index contributed by atoms with van der Waals surface area (Å²) in [5.41, 5.74) is 4.12. The van der Waals surface area contributed by atoms with Crippen molar-refractivity contribution in [3.63, 3.8) is 0 Å². The molecule has 5 nitrogen and oxygen atoms in total. The summed E-state index contributed by atoms with van der Waals surface area (Å²) in [5, 5.41) is 14.1. The van der Waals surface area contributed by atoms with E-state index in [1.54, 1.807) is 12.3 Å². The minimum absolute atomic E-state index is 0.104. The fourth-order valence-electron chi connectivity index (χ4n) is 2.73. The molecule has 114 valence electrons. The maximum atomic E-state index is 12.3. The van der Waals surface area contributed by atoms with Gasteiger partial charge in [-0.2, -0.15) is 5.10 Å². The van der Waals surface area contributed by atoms with E-state index in [2.05, 4.69) is 20.8 Å². The molecular weight excluding hydrogens is 312 g/mol. The highest BCUT2D eigenvalue weighted by Gasteiger charge is 2.27. The number of hydrogen-bond donors (Lipinski definition) is 3. The molecule has 0 fully saturated rings. The average Bonchev–Trinajstić information content (AvgIpc) is 3.05. The number of nitrogens with zero attached hydrogens (tertiary/aromatic N) is 1. The monoisotopic (exact) mass is 324 g/mol. The number of aromatic amines is 1. The van der Waals surface area contributed by atoms with Crippen molar-refractivity contribution in [3.8, 4) is 11.3 Å². The van der Waals surface area contributed by atoms with Crippen LogP contribution in [0.3, 0.4) is 0 Å². The molecule has 1 amide bonds. The lowest BCUT2D eigenvalue weighted by Crippen LogP contribution is -2.38. The van der Waals surface area contributed by atoms with Gasteiger partial charge in [0.2, 0.25) is 0 Å². The van der Waals surface area contributed by atoms with Crippen molar-refractivity contribution in [1.29, 1.82) is 0 Å². The Labute approximate surface area is 137 Å². The molecule has 0 bridgehead atoms. The number of halogens is 1. The fourth-order valence-corrected chi connectivity index (χ4v) is 2.85. The van der Waals surface area contributed by atoms with Gasteiger partial charge >= 0.3 is 0 Å². The molecule has 1 aliphatic rings. The highest BCUT2D eigenvalue weighted by atomic mass is 35.5. The lowest BCUT2D eigenvalue weighted by molar-refractivity contribution is 0.0936. The average molecular weight is 325 g/mol. The van der Waals surface area contributed by atoms with Crippen LogP contribution in [0.5, 0.6) is 0 Å². The van der Waals surface area contributed by atoms with Crippen molar-refractivity contribution < 1.29 is 4.79 Å². The molecule has 4 rings (SSSR count). The van der Waals surface area contributed by atoms with E-state index in [9.17, 15) is 4.79 Å². The van der Waals surface area contributed by atoms with Gasteiger partial charge in [-0.25, -0.2) is 0 Å². The molecule has 0 saturated heterocycles. The summed E-state index contributed by atoms with van der Waals surface area (Å²) in [6, 6.07) is 14.9. The molecule has 2 aromatic carbocycles. The normalized spacial score (nSPS) is 16.4. The summed E-state index contributed by atoms with van der Waals surface area (Å²) in [5.74, 6) is -0.104. The van der Waals surface area contributed by atoms with Crippen molar-refractivity contribution in [2.45, 2.75) is 6.17 Å². The van der Waals surface area contributed by atoms with Crippen LogP contribution in [-0.2, 0) is 0 Å². The molecule has 23 heavy (non-hydrogen) atoms. The van der Waals surface area contributed by atoms with E-state index in [-0.39, 0.29) is 12.1 Å². The van der Waals surface area contributed by atoms with E-state index in [1.807, 2.05) is 42.5 Å². The molecule has 3 aromatic rings. The first-order chi connectivity index (χ1) is 11.2. The predicted octanol–water partition coefficient (Wildman–Crippen LogP) is 3.58. The van der Waals surface area contributed by atoms with Gasteiger partial charge in [0.1, 0.15) is 6.17 Å². The first-order valence-corrected chi connectivity index (χ1v) is 7.56. The summed E-state index contributed by atoms with van der Waals surface area (Å²) in [6.45, 7) is 0. The van der Waals surface area contributed by atoms with Gasteiger partial charge in [0.15, 0.2) is 0 Å². The lowest BCUT2D eigenvalue weighted by atomic mass is 10.0. The number of para-hydroxylation sites is 1. The van der Waals surface area contributed by atoms with E-state index in [1.165, 1.54) is 0 Å². The summed E-state index contributed by atoms with van der Waals surface area (Å²) < 4.78 is 0. The van der Waals surface area contributed by atoms with Crippen LogP contribution in [0.25, 0.3) is 11.3 Å². The van der Waals surface area contributed by atoms with Gasteiger partial charge in [0.25, 0.3) is 5.91 Å². The number of H-pyrrole nitrogens is 1. The molecule has 0 aliphatic carbocycles. The quantitative estimate of drug-likeness (QED) is 0.674. The third-order valence-corrected chi connectivity index (χ3v) is 4.11. The van der Waals surface area contributed by atoms with Crippen LogP contribution in [0.1, 0.15) is 22.1 Å². The maximum Gasteiger partial charge on any atom is 0.255 e. The van der Waals surface area contributed by atoms with Crippen molar-refractivity contribution >= 4 is 23.2 Å². The SMILES string of the molecule is O=C1NC(c2cn[nH]c2-c2ccc(Cl)cc2)Nc2ccccc21. The van der Waals surface area contributed by atoms with Crippen LogP contribution in [0.2, 0.25) is 5.02 Å². The molecule has 0 saturated carbocycles. The van der Waals surface area contributed by atoms with Gasteiger partial charge in [0, 0.05) is 21.8 Å². The number of rotatable bonds is 2. The van der Waals surface area contributed by atoms with Crippen molar-refractivity contribution in [2.75, 3.05) is 5.32 Å². The maximum absolute atomic E-state index is 12.3. The molecule has 6 heteroatoms. The van der Waals surface area contributed by atoms with Gasteiger partial charge in [-0.05, 0) is 24.3 Å². The number of anilines is 1. The zero-order valence-electron chi connectivity index (χ0n) is 12.0. The number of fused-ring (bicyclic) bond motifs is 1. The zero-order chi connectivity index (χ0) is 15.8. The Morgan fingerprint density at radius 2 is 1.78 bits per heavy atom. The van der Waals surface area contributed by atoms with Crippen LogP contribution >= 0.6 is 11.6 Å². The summed E-state index contributed by atoms with van der Waals surface area (Å²) in [4.78, 5) is 12.3. The van der Waals surface area contributed by atoms with Gasteiger partial charge in [-0.15, -0.1) is 0 Å². The topological polar surface area (TPSA) is 69.8 Å². The van der Waals surface area contributed by atoms with Gasteiger partial charge in [-0.3, -0.25) is 9.89 Å².